The molecule has 1 amide bonds. The lowest BCUT2D eigenvalue weighted by atomic mass is 10.2. The van der Waals surface area contributed by atoms with Crippen molar-refractivity contribution in [3.8, 4) is 0 Å². The average Bonchev–Trinajstić information content (AvgIpc) is 3.06. The summed E-state index contributed by atoms with van der Waals surface area (Å²) in [4.78, 5) is 12.0. The zero-order valence-corrected chi connectivity index (χ0v) is 15.9. The van der Waals surface area contributed by atoms with Crippen LogP contribution in [0.1, 0.15) is 11.1 Å². The molecule has 0 aliphatic heterocycles. The van der Waals surface area contributed by atoms with Crippen LogP contribution in [0.25, 0.3) is 0 Å². The molecule has 0 radical (unpaired) electrons. The quantitative estimate of drug-likeness (QED) is 0.596. The Kier molecular flexibility index (Phi) is 5.85. The molecule has 0 saturated heterocycles. The summed E-state index contributed by atoms with van der Waals surface area (Å²) in [5.41, 5.74) is 3.10. The molecule has 0 bridgehead atoms. The van der Waals surface area contributed by atoms with E-state index in [1.807, 2.05) is 31.2 Å². The summed E-state index contributed by atoms with van der Waals surface area (Å²) in [5, 5.41) is 14.7. The number of halogens is 1. The van der Waals surface area contributed by atoms with Crippen LogP contribution in [0.15, 0.2) is 46.8 Å². The molecule has 0 spiro atoms. The third-order valence-corrected chi connectivity index (χ3v) is 5.46. The van der Waals surface area contributed by atoms with Gasteiger partial charge in [0.15, 0.2) is 4.34 Å². The van der Waals surface area contributed by atoms with E-state index in [0.717, 1.165) is 5.69 Å². The Labute approximate surface area is 159 Å². The SMILES string of the molecule is Cc1ccc(Nc2nnc(SCC(=O)Nc3ccc(C)c(F)c3)s2)cc1. The first-order valence-electron chi connectivity index (χ1n) is 7.85. The summed E-state index contributed by atoms with van der Waals surface area (Å²) in [5.74, 6) is -0.387. The Bertz CT molecular complexity index is 912. The van der Waals surface area contributed by atoms with Crippen LogP contribution in [-0.4, -0.2) is 21.9 Å². The molecule has 3 aromatic rings. The molecule has 0 unspecified atom stereocenters. The fourth-order valence-electron chi connectivity index (χ4n) is 2.07. The van der Waals surface area contributed by atoms with E-state index in [-0.39, 0.29) is 17.5 Å². The van der Waals surface area contributed by atoms with Gasteiger partial charge in [0.25, 0.3) is 0 Å². The number of carbonyl (C=O) groups excluding carboxylic acids is 1. The number of aryl methyl sites for hydroxylation is 2. The molecule has 1 aromatic heterocycles. The molecule has 0 aliphatic rings. The van der Waals surface area contributed by atoms with E-state index in [4.69, 9.17) is 0 Å². The fraction of sp³-hybridized carbons (Fsp3) is 0.167. The smallest absolute Gasteiger partial charge is 0.234 e. The van der Waals surface area contributed by atoms with Gasteiger partial charge < -0.3 is 10.6 Å². The highest BCUT2D eigenvalue weighted by Crippen LogP contribution is 2.27. The highest BCUT2D eigenvalue weighted by atomic mass is 32.2. The van der Waals surface area contributed by atoms with Gasteiger partial charge in [-0.15, -0.1) is 10.2 Å². The maximum Gasteiger partial charge on any atom is 0.234 e. The predicted octanol–water partition coefficient (Wildman–Crippen LogP) is 4.77. The molecule has 0 saturated carbocycles. The van der Waals surface area contributed by atoms with Crippen molar-refractivity contribution in [2.45, 2.75) is 18.2 Å². The minimum atomic E-state index is -0.341. The van der Waals surface area contributed by atoms with Crippen molar-refractivity contribution in [2.24, 2.45) is 0 Å². The highest BCUT2D eigenvalue weighted by Gasteiger charge is 2.09. The highest BCUT2D eigenvalue weighted by molar-refractivity contribution is 8.01. The number of amides is 1. The van der Waals surface area contributed by atoms with Crippen LogP contribution in [-0.2, 0) is 4.79 Å². The van der Waals surface area contributed by atoms with E-state index in [9.17, 15) is 9.18 Å². The molecular formula is C18H17FN4OS2. The molecule has 5 nitrogen and oxygen atoms in total. The number of hydrogen-bond donors (Lipinski definition) is 2. The van der Waals surface area contributed by atoms with Crippen molar-refractivity contribution in [1.29, 1.82) is 0 Å². The van der Waals surface area contributed by atoms with Gasteiger partial charge in [0.1, 0.15) is 5.82 Å². The lowest BCUT2D eigenvalue weighted by molar-refractivity contribution is -0.113. The van der Waals surface area contributed by atoms with Crippen LogP contribution in [0.2, 0.25) is 0 Å². The second-order valence-electron chi connectivity index (χ2n) is 5.66. The van der Waals surface area contributed by atoms with Gasteiger partial charge in [0, 0.05) is 11.4 Å². The zero-order valence-electron chi connectivity index (χ0n) is 14.2. The van der Waals surface area contributed by atoms with Crippen LogP contribution in [0.5, 0.6) is 0 Å². The minimum absolute atomic E-state index is 0.175. The average molecular weight is 388 g/mol. The van der Waals surface area contributed by atoms with Crippen LogP contribution < -0.4 is 10.6 Å². The molecule has 8 heteroatoms. The Morgan fingerprint density at radius 1 is 1.12 bits per heavy atom. The maximum absolute atomic E-state index is 13.5. The summed E-state index contributed by atoms with van der Waals surface area (Å²) in [6.07, 6.45) is 0. The largest absolute Gasteiger partial charge is 0.330 e. The third-order valence-electron chi connectivity index (χ3n) is 3.49. The Morgan fingerprint density at radius 3 is 2.58 bits per heavy atom. The van der Waals surface area contributed by atoms with Gasteiger partial charge in [0.05, 0.1) is 5.75 Å². The molecule has 3 rings (SSSR count). The fourth-order valence-corrected chi connectivity index (χ4v) is 3.65. The van der Waals surface area contributed by atoms with E-state index in [1.54, 1.807) is 19.1 Å². The lowest BCUT2D eigenvalue weighted by Gasteiger charge is -2.05. The van der Waals surface area contributed by atoms with E-state index in [0.29, 0.717) is 20.7 Å². The summed E-state index contributed by atoms with van der Waals surface area (Å²) >= 11 is 2.66. The van der Waals surface area contributed by atoms with Gasteiger partial charge in [-0.3, -0.25) is 4.79 Å². The monoisotopic (exact) mass is 388 g/mol. The molecule has 1 heterocycles. The second kappa shape index (κ2) is 8.29. The van der Waals surface area contributed by atoms with Crippen molar-refractivity contribution in [1.82, 2.24) is 10.2 Å². The number of thioether (sulfide) groups is 1. The lowest BCUT2D eigenvalue weighted by Crippen LogP contribution is -2.14. The molecular weight excluding hydrogens is 371 g/mol. The first-order valence-corrected chi connectivity index (χ1v) is 9.66. The summed E-state index contributed by atoms with van der Waals surface area (Å²) in [7, 11) is 0. The van der Waals surface area contributed by atoms with Crippen molar-refractivity contribution in [3.05, 3.63) is 59.4 Å². The van der Waals surface area contributed by atoms with Crippen LogP contribution >= 0.6 is 23.1 Å². The number of rotatable bonds is 6. The number of nitrogens with one attached hydrogen (secondary N) is 2. The Hall–Kier alpha value is -2.45. The molecule has 26 heavy (non-hydrogen) atoms. The van der Waals surface area contributed by atoms with Gasteiger partial charge in [-0.1, -0.05) is 46.9 Å². The number of hydrogen-bond acceptors (Lipinski definition) is 6. The first kappa shape index (κ1) is 18.3. The van der Waals surface area contributed by atoms with Crippen LogP contribution in [0.3, 0.4) is 0 Å². The van der Waals surface area contributed by atoms with Crippen molar-refractivity contribution >= 4 is 45.5 Å². The molecule has 2 N–H and O–H groups in total. The topological polar surface area (TPSA) is 66.9 Å². The normalized spacial score (nSPS) is 10.6. The molecule has 0 aliphatic carbocycles. The third kappa shape index (κ3) is 5.03. The van der Waals surface area contributed by atoms with Crippen molar-refractivity contribution in [2.75, 3.05) is 16.4 Å². The van der Waals surface area contributed by atoms with E-state index < -0.39 is 0 Å². The Morgan fingerprint density at radius 2 is 1.85 bits per heavy atom. The van der Waals surface area contributed by atoms with Crippen molar-refractivity contribution in [3.63, 3.8) is 0 Å². The van der Waals surface area contributed by atoms with Crippen LogP contribution in [0.4, 0.5) is 20.9 Å². The molecule has 2 aromatic carbocycles. The summed E-state index contributed by atoms with van der Waals surface area (Å²) < 4.78 is 14.2. The second-order valence-corrected chi connectivity index (χ2v) is 7.86. The minimum Gasteiger partial charge on any atom is -0.330 e. The standard InChI is InChI=1S/C18H17FN4OS2/c1-11-3-6-13(7-4-11)21-17-22-23-18(26-17)25-10-16(24)20-14-8-5-12(2)15(19)9-14/h3-9H,10H2,1-2H3,(H,20,24)(H,21,22). The number of aromatic nitrogens is 2. The van der Waals surface area contributed by atoms with E-state index >= 15 is 0 Å². The van der Waals surface area contributed by atoms with Gasteiger partial charge in [-0.05, 0) is 43.7 Å². The predicted molar refractivity (Wildman–Crippen MR) is 105 cm³/mol. The maximum atomic E-state index is 13.5. The number of anilines is 3. The summed E-state index contributed by atoms with van der Waals surface area (Å²) in [6.45, 7) is 3.70. The van der Waals surface area contributed by atoms with E-state index in [2.05, 4.69) is 20.8 Å². The number of benzene rings is 2. The van der Waals surface area contributed by atoms with Gasteiger partial charge in [0.2, 0.25) is 11.0 Å². The van der Waals surface area contributed by atoms with Gasteiger partial charge in [-0.25, -0.2) is 4.39 Å². The molecule has 0 fully saturated rings. The van der Waals surface area contributed by atoms with Gasteiger partial charge in [-0.2, -0.15) is 0 Å². The number of carbonyl (C=O) groups is 1. The van der Waals surface area contributed by atoms with Crippen molar-refractivity contribution < 1.29 is 9.18 Å². The Balaban J connectivity index is 1.51. The van der Waals surface area contributed by atoms with E-state index in [1.165, 1.54) is 34.7 Å². The zero-order chi connectivity index (χ0) is 18.5. The summed E-state index contributed by atoms with van der Waals surface area (Å²) in [6, 6.07) is 12.6. The van der Waals surface area contributed by atoms with Crippen LogP contribution in [0, 0.1) is 19.7 Å². The molecule has 134 valence electrons. The molecule has 0 atom stereocenters. The first-order chi connectivity index (χ1) is 12.5. The van der Waals surface area contributed by atoms with Gasteiger partial charge >= 0.3 is 0 Å². The number of nitrogens with zero attached hydrogens (tertiary/aromatic N) is 2.